The number of halogens is 1. The normalized spacial score (nSPS) is 15.7. The molecule has 128 valence electrons. The molecule has 0 amide bonds. The number of hydrogen-bond acceptors (Lipinski definition) is 4. The number of hydrogen-bond donors (Lipinski definition) is 4. The van der Waals surface area contributed by atoms with Crippen LogP contribution in [0.25, 0.3) is 0 Å². The van der Waals surface area contributed by atoms with Crippen molar-refractivity contribution in [1.29, 1.82) is 0 Å². The Morgan fingerprint density at radius 3 is 2.26 bits per heavy atom. The summed E-state index contributed by atoms with van der Waals surface area (Å²) in [5.74, 6) is -3.64. The summed E-state index contributed by atoms with van der Waals surface area (Å²) in [6, 6.07) is 5.12. The number of aliphatic carboxylic acids is 1. The molecule has 2 unspecified atom stereocenters. The highest BCUT2D eigenvalue weighted by Crippen LogP contribution is 2.38. The van der Waals surface area contributed by atoms with Crippen molar-refractivity contribution in [3.05, 3.63) is 35.6 Å². The van der Waals surface area contributed by atoms with Crippen molar-refractivity contribution in [3.8, 4) is 0 Å². The second-order valence-electron chi connectivity index (χ2n) is 5.74. The van der Waals surface area contributed by atoms with Gasteiger partial charge in [-0.1, -0.05) is 12.1 Å². The first-order valence-corrected chi connectivity index (χ1v) is 8.54. The van der Waals surface area contributed by atoms with Crippen LogP contribution in [0.4, 0.5) is 4.39 Å². The van der Waals surface area contributed by atoms with E-state index in [4.69, 9.17) is 20.6 Å². The van der Waals surface area contributed by atoms with Gasteiger partial charge in [-0.2, -0.15) is 0 Å². The summed E-state index contributed by atoms with van der Waals surface area (Å²) in [7, 11) is -4.49. The Bertz CT molecular complexity index is 625. The van der Waals surface area contributed by atoms with Crippen molar-refractivity contribution in [2.75, 3.05) is 6.16 Å². The predicted molar refractivity (Wildman–Crippen MR) is 80.4 cm³/mol. The van der Waals surface area contributed by atoms with Gasteiger partial charge in [-0.15, -0.1) is 0 Å². The van der Waals surface area contributed by atoms with Gasteiger partial charge in [-0.05, 0) is 31.0 Å². The molecule has 2 atom stereocenters. The Hall–Kier alpha value is -1.60. The minimum absolute atomic E-state index is 0.0417. The number of ketones is 1. The second-order valence-corrected chi connectivity index (χ2v) is 7.43. The van der Waals surface area contributed by atoms with Crippen LogP contribution >= 0.6 is 7.60 Å². The molecule has 0 aromatic heterocycles. The minimum Gasteiger partial charge on any atom is -0.480 e. The van der Waals surface area contributed by atoms with E-state index in [0.717, 1.165) is 6.92 Å². The number of carboxylic acids is 1. The van der Waals surface area contributed by atoms with Gasteiger partial charge in [0.05, 0.1) is 6.16 Å². The van der Waals surface area contributed by atoms with Gasteiger partial charge in [0.1, 0.15) is 17.1 Å². The maximum absolute atomic E-state index is 12.9. The van der Waals surface area contributed by atoms with E-state index in [0.29, 0.717) is 5.56 Å². The summed E-state index contributed by atoms with van der Waals surface area (Å²) in [6.45, 7) is 1.15. The third-order valence-corrected chi connectivity index (χ3v) is 4.26. The number of rotatable bonds is 8. The maximum Gasteiger partial charge on any atom is 0.326 e. The molecule has 0 saturated heterocycles. The number of nitrogens with two attached hydrogens (primary N) is 1. The van der Waals surface area contributed by atoms with Crippen molar-refractivity contribution in [1.82, 2.24) is 0 Å². The van der Waals surface area contributed by atoms with E-state index >= 15 is 0 Å². The zero-order valence-corrected chi connectivity index (χ0v) is 13.4. The predicted octanol–water partition coefficient (Wildman–Crippen LogP) is 0.923. The van der Waals surface area contributed by atoms with Crippen LogP contribution in [-0.2, 0) is 20.6 Å². The molecular weight excluding hydrogens is 328 g/mol. The third kappa shape index (κ3) is 6.58. The molecule has 1 rings (SSSR count). The highest BCUT2D eigenvalue weighted by Gasteiger charge is 2.35. The van der Waals surface area contributed by atoms with Crippen LogP contribution in [-0.4, -0.2) is 38.3 Å². The van der Waals surface area contributed by atoms with Gasteiger partial charge in [-0.3, -0.25) is 14.2 Å². The Labute approximate surface area is 132 Å². The molecule has 0 aliphatic rings. The molecule has 5 N–H and O–H groups in total. The molecule has 0 spiro atoms. The monoisotopic (exact) mass is 347 g/mol. The van der Waals surface area contributed by atoms with Crippen LogP contribution in [0.15, 0.2) is 24.3 Å². The molecule has 23 heavy (non-hydrogen) atoms. The Balaban J connectivity index is 2.96. The first kappa shape index (κ1) is 19.4. The van der Waals surface area contributed by atoms with Crippen LogP contribution in [0.2, 0.25) is 0 Å². The standard InChI is InChI=1S/C14H19FNO6P/c1-14(16,13(18)19)7-12(17)10(8-23(20,21)22)6-9-2-4-11(15)5-3-9/h2-5,10H,6-8,16H2,1H3,(H,18,19)(H2,20,21,22). The van der Waals surface area contributed by atoms with E-state index in [9.17, 15) is 18.5 Å². The maximum atomic E-state index is 12.9. The number of carbonyl (C=O) groups is 2. The molecular formula is C14H19FNO6P. The zero-order chi connectivity index (χ0) is 17.8. The lowest BCUT2D eigenvalue weighted by atomic mass is 9.88. The molecule has 0 aliphatic heterocycles. The van der Waals surface area contributed by atoms with E-state index in [1.165, 1.54) is 24.3 Å². The van der Waals surface area contributed by atoms with Gasteiger partial charge in [0.15, 0.2) is 0 Å². The smallest absolute Gasteiger partial charge is 0.326 e. The fourth-order valence-electron chi connectivity index (χ4n) is 2.05. The Kier molecular flexibility index (Phi) is 6.18. The van der Waals surface area contributed by atoms with Gasteiger partial charge in [0, 0.05) is 12.3 Å². The number of carboxylic acid groups (broad SMARTS) is 1. The van der Waals surface area contributed by atoms with Crippen molar-refractivity contribution < 1.29 is 33.4 Å². The molecule has 0 fully saturated rings. The molecule has 0 heterocycles. The summed E-state index contributed by atoms with van der Waals surface area (Å²) >= 11 is 0. The van der Waals surface area contributed by atoms with Gasteiger partial charge in [0.25, 0.3) is 0 Å². The van der Waals surface area contributed by atoms with Gasteiger partial charge >= 0.3 is 13.6 Å². The fourth-order valence-corrected chi connectivity index (χ4v) is 2.96. The zero-order valence-electron chi connectivity index (χ0n) is 12.5. The molecule has 0 bridgehead atoms. The first-order chi connectivity index (χ1) is 10.4. The Morgan fingerprint density at radius 2 is 1.83 bits per heavy atom. The van der Waals surface area contributed by atoms with Crippen molar-refractivity contribution in [2.45, 2.75) is 25.3 Å². The quantitative estimate of drug-likeness (QED) is 0.513. The second kappa shape index (κ2) is 7.31. The van der Waals surface area contributed by atoms with E-state index < -0.39 is 49.2 Å². The van der Waals surface area contributed by atoms with Crippen LogP contribution < -0.4 is 5.73 Å². The number of benzene rings is 1. The summed E-state index contributed by atoms with van der Waals surface area (Å²) in [5.41, 5.74) is 4.19. The highest BCUT2D eigenvalue weighted by atomic mass is 31.2. The summed E-state index contributed by atoms with van der Waals surface area (Å²) < 4.78 is 24.1. The lowest BCUT2D eigenvalue weighted by Crippen LogP contribution is -2.47. The summed E-state index contributed by atoms with van der Waals surface area (Å²) in [4.78, 5) is 41.5. The van der Waals surface area contributed by atoms with E-state index in [2.05, 4.69) is 0 Å². The van der Waals surface area contributed by atoms with Crippen LogP contribution in [0.1, 0.15) is 18.9 Å². The SMILES string of the molecule is CC(N)(CC(=O)C(Cc1ccc(F)cc1)CP(=O)(O)O)C(=O)O. The summed E-state index contributed by atoms with van der Waals surface area (Å²) in [6.07, 6.45) is -1.33. The van der Waals surface area contributed by atoms with Crippen LogP contribution in [0, 0.1) is 11.7 Å². The molecule has 9 heteroatoms. The average molecular weight is 347 g/mol. The number of carbonyl (C=O) groups excluding carboxylic acids is 1. The topological polar surface area (TPSA) is 138 Å². The van der Waals surface area contributed by atoms with Crippen molar-refractivity contribution >= 4 is 19.3 Å². The minimum atomic E-state index is -4.49. The average Bonchev–Trinajstić information content (AvgIpc) is 2.38. The molecule has 0 aliphatic carbocycles. The van der Waals surface area contributed by atoms with Gasteiger partial charge < -0.3 is 20.6 Å². The van der Waals surface area contributed by atoms with Gasteiger partial charge in [0.2, 0.25) is 0 Å². The van der Waals surface area contributed by atoms with Gasteiger partial charge in [-0.25, -0.2) is 4.39 Å². The molecule has 0 radical (unpaired) electrons. The van der Waals surface area contributed by atoms with Crippen molar-refractivity contribution in [2.24, 2.45) is 11.7 Å². The van der Waals surface area contributed by atoms with Crippen molar-refractivity contribution in [3.63, 3.8) is 0 Å². The third-order valence-electron chi connectivity index (χ3n) is 3.34. The molecule has 1 aromatic carbocycles. The molecule has 1 aromatic rings. The number of Topliss-reactive ketones (excluding diaryl/α,β-unsaturated/α-hetero) is 1. The highest BCUT2D eigenvalue weighted by molar-refractivity contribution is 7.51. The largest absolute Gasteiger partial charge is 0.480 e. The van der Waals surface area contributed by atoms with Crippen LogP contribution in [0.3, 0.4) is 0 Å². The van der Waals surface area contributed by atoms with E-state index in [-0.39, 0.29) is 6.42 Å². The fraction of sp³-hybridized carbons (Fsp3) is 0.429. The lowest BCUT2D eigenvalue weighted by Gasteiger charge is -2.22. The summed E-state index contributed by atoms with van der Waals surface area (Å²) in [5, 5.41) is 8.95. The van der Waals surface area contributed by atoms with E-state index in [1.54, 1.807) is 0 Å². The molecule has 7 nitrogen and oxygen atoms in total. The first-order valence-electron chi connectivity index (χ1n) is 6.75. The lowest BCUT2D eigenvalue weighted by molar-refractivity contribution is -0.145. The van der Waals surface area contributed by atoms with E-state index in [1.807, 2.05) is 0 Å². The molecule has 0 saturated carbocycles. The Morgan fingerprint density at radius 1 is 1.30 bits per heavy atom. The van der Waals surface area contributed by atoms with Crippen LogP contribution in [0.5, 0.6) is 0 Å².